The molecule has 0 unspecified atom stereocenters. The predicted molar refractivity (Wildman–Crippen MR) is 94.6 cm³/mol. The van der Waals surface area contributed by atoms with E-state index in [4.69, 9.17) is 9.15 Å². The van der Waals surface area contributed by atoms with Crippen LogP contribution in [0.15, 0.2) is 41.4 Å². The van der Waals surface area contributed by atoms with Crippen molar-refractivity contribution in [1.82, 2.24) is 29.3 Å². The second-order valence-corrected chi connectivity index (χ2v) is 6.43. The first kappa shape index (κ1) is 18.4. The molecule has 1 aliphatic rings. The van der Waals surface area contributed by atoms with Crippen LogP contribution in [0.3, 0.4) is 0 Å². The van der Waals surface area contributed by atoms with E-state index >= 15 is 0 Å². The molecule has 4 aromatic rings. The van der Waals surface area contributed by atoms with Crippen LogP contribution in [0.25, 0.3) is 28.7 Å². The van der Waals surface area contributed by atoms with Crippen LogP contribution in [0.4, 0.5) is 13.2 Å². The van der Waals surface area contributed by atoms with Crippen molar-refractivity contribution in [1.29, 1.82) is 0 Å². The number of nitrogens with zero attached hydrogens (tertiary/aromatic N) is 6. The monoisotopic (exact) mass is 418 g/mol. The topological polar surface area (TPSA) is 93.0 Å². The van der Waals surface area contributed by atoms with Crippen molar-refractivity contribution in [2.45, 2.75) is 19.5 Å². The van der Waals surface area contributed by atoms with Crippen molar-refractivity contribution in [3.8, 4) is 34.4 Å². The molecule has 0 bridgehead atoms. The van der Waals surface area contributed by atoms with E-state index in [-0.39, 0.29) is 18.9 Å². The average Bonchev–Trinajstić information content (AvgIpc) is 3.41. The molecule has 5 rings (SSSR count). The minimum absolute atomic E-state index is 0.170. The Bertz CT molecular complexity index is 1210. The number of ether oxygens (including phenoxy) is 2. The molecule has 0 aliphatic carbocycles. The summed E-state index contributed by atoms with van der Waals surface area (Å²) in [5.41, 5.74) is 2.19. The molecule has 1 aromatic carbocycles. The predicted octanol–water partition coefficient (Wildman–Crippen LogP) is 3.19. The zero-order chi connectivity index (χ0) is 20.9. The van der Waals surface area contributed by atoms with Crippen molar-refractivity contribution >= 4 is 0 Å². The lowest BCUT2D eigenvalue weighted by molar-refractivity contribution is -0.274. The summed E-state index contributed by atoms with van der Waals surface area (Å²) in [6.45, 7) is 0.451. The molecule has 1 aliphatic heterocycles. The Morgan fingerprint density at radius 2 is 2.07 bits per heavy atom. The largest absolute Gasteiger partial charge is 0.573 e. The van der Waals surface area contributed by atoms with Gasteiger partial charge in [0.05, 0.1) is 24.1 Å². The van der Waals surface area contributed by atoms with Crippen LogP contribution in [0.5, 0.6) is 5.75 Å². The Balaban J connectivity index is 1.74. The van der Waals surface area contributed by atoms with Crippen molar-refractivity contribution in [2.24, 2.45) is 0 Å². The molecule has 0 fully saturated rings. The van der Waals surface area contributed by atoms with E-state index in [1.54, 1.807) is 15.5 Å². The van der Waals surface area contributed by atoms with Gasteiger partial charge in [0.2, 0.25) is 5.89 Å². The van der Waals surface area contributed by atoms with Gasteiger partial charge in [0.15, 0.2) is 11.6 Å². The molecule has 0 saturated carbocycles. The van der Waals surface area contributed by atoms with E-state index in [1.165, 1.54) is 37.8 Å². The normalized spacial score (nSPS) is 12.8. The number of fused-ring (bicyclic) bond motifs is 5. The minimum Gasteiger partial charge on any atom is -0.443 e. The number of rotatable bonds is 4. The molecule has 9 nitrogen and oxygen atoms in total. The maximum Gasteiger partial charge on any atom is 0.573 e. The third-order valence-electron chi connectivity index (χ3n) is 4.61. The lowest BCUT2D eigenvalue weighted by Gasteiger charge is -2.13. The standard InChI is InChI=1S/C18H13F3N6O3/c1-28-8-14-24-25-16-11-6-10(30-18(19,20)21)2-3-12(11)27-9-23-15(13(27)7-26(14)16)17-22-4-5-29-17/h2-6,9H,7-8H2,1H3. The Morgan fingerprint density at radius 1 is 1.20 bits per heavy atom. The summed E-state index contributed by atoms with van der Waals surface area (Å²) < 4.78 is 56.5. The van der Waals surface area contributed by atoms with Crippen molar-refractivity contribution in [3.63, 3.8) is 0 Å². The van der Waals surface area contributed by atoms with E-state index in [1.807, 2.05) is 0 Å². The van der Waals surface area contributed by atoms with Crippen LogP contribution in [-0.4, -0.2) is 42.8 Å². The zero-order valence-electron chi connectivity index (χ0n) is 15.4. The smallest absolute Gasteiger partial charge is 0.443 e. The summed E-state index contributed by atoms with van der Waals surface area (Å²) in [5, 5.41) is 8.33. The van der Waals surface area contributed by atoms with Crippen LogP contribution in [0.2, 0.25) is 0 Å². The molecule has 0 spiro atoms. The van der Waals surface area contributed by atoms with Gasteiger partial charge < -0.3 is 18.5 Å². The Kier molecular flexibility index (Phi) is 4.10. The van der Waals surface area contributed by atoms with Crippen LogP contribution < -0.4 is 4.74 Å². The van der Waals surface area contributed by atoms with E-state index in [0.717, 1.165) is 0 Å². The lowest BCUT2D eigenvalue weighted by Crippen LogP contribution is -2.17. The highest BCUT2D eigenvalue weighted by atomic mass is 19.4. The van der Waals surface area contributed by atoms with E-state index in [2.05, 4.69) is 24.9 Å². The fourth-order valence-electron chi connectivity index (χ4n) is 3.44. The number of benzene rings is 1. The second-order valence-electron chi connectivity index (χ2n) is 6.43. The van der Waals surface area contributed by atoms with Gasteiger partial charge in [-0.05, 0) is 18.2 Å². The number of imidazole rings is 1. The zero-order valence-corrected chi connectivity index (χ0v) is 15.4. The van der Waals surface area contributed by atoms with E-state index in [0.29, 0.717) is 40.2 Å². The quantitative estimate of drug-likeness (QED) is 0.443. The molecule has 154 valence electrons. The Labute approximate surface area is 166 Å². The molecule has 0 N–H and O–H groups in total. The number of halogens is 3. The lowest BCUT2D eigenvalue weighted by atomic mass is 10.1. The highest BCUT2D eigenvalue weighted by Gasteiger charge is 2.33. The van der Waals surface area contributed by atoms with Crippen molar-refractivity contribution in [2.75, 3.05) is 7.11 Å². The first-order valence-corrected chi connectivity index (χ1v) is 8.72. The van der Waals surface area contributed by atoms with Gasteiger partial charge in [-0.15, -0.1) is 23.4 Å². The van der Waals surface area contributed by atoms with Gasteiger partial charge in [-0.25, -0.2) is 9.97 Å². The number of aromatic nitrogens is 6. The molecular formula is C18H13F3N6O3. The van der Waals surface area contributed by atoms with E-state index < -0.39 is 6.36 Å². The molecule has 0 radical (unpaired) electrons. The molecule has 4 heterocycles. The number of alkyl halides is 3. The summed E-state index contributed by atoms with van der Waals surface area (Å²) >= 11 is 0. The molecule has 12 heteroatoms. The van der Waals surface area contributed by atoms with E-state index in [9.17, 15) is 13.2 Å². The molecule has 0 saturated heterocycles. The van der Waals surface area contributed by atoms with Gasteiger partial charge in [0.25, 0.3) is 0 Å². The average molecular weight is 418 g/mol. The van der Waals surface area contributed by atoms with Gasteiger partial charge >= 0.3 is 6.36 Å². The third kappa shape index (κ3) is 3.01. The van der Waals surface area contributed by atoms with Crippen LogP contribution in [0, 0.1) is 0 Å². The Morgan fingerprint density at radius 3 is 2.80 bits per heavy atom. The fraction of sp³-hybridized carbons (Fsp3) is 0.222. The number of hydrogen-bond donors (Lipinski definition) is 0. The summed E-state index contributed by atoms with van der Waals surface area (Å²) in [5.74, 6) is 0.855. The molecule has 0 atom stereocenters. The van der Waals surface area contributed by atoms with Gasteiger partial charge in [0, 0.05) is 12.7 Å². The summed E-state index contributed by atoms with van der Waals surface area (Å²) in [7, 11) is 1.52. The SMILES string of the molecule is COCc1nnc2n1Cc1c(-c3ncco3)ncn1-c1ccc(OC(F)(F)F)cc1-2. The highest BCUT2D eigenvalue weighted by molar-refractivity contribution is 5.72. The van der Waals surface area contributed by atoms with Crippen molar-refractivity contribution < 1.29 is 27.1 Å². The molecule has 3 aromatic heterocycles. The first-order valence-electron chi connectivity index (χ1n) is 8.72. The van der Waals surface area contributed by atoms with Gasteiger partial charge in [0.1, 0.15) is 30.6 Å². The van der Waals surface area contributed by atoms with Crippen LogP contribution in [0.1, 0.15) is 11.5 Å². The maximum atomic E-state index is 12.7. The first-order chi connectivity index (χ1) is 14.4. The highest BCUT2D eigenvalue weighted by Crippen LogP contribution is 2.37. The summed E-state index contributed by atoms with van der Waals surface area (Å²) in [6.07, 6.45) is -0.306. The summed E-state index contributed by atoms with van der Waals surface area (Å²) in [4.78, 5) is 8.56. The van der Waals surface area contributed by atoms with Crippen molar-refractivity contribution in [3.05, 3.63) is 48.5 Å². The van der Waals surface area contributed by atoms with Crippen LogP contribution >= 0.6 is 0 Å². The molecule has 0 amide bonds. The maximum absolute atomic E-state index is 12.7. The molecular weight excluding hydrogens is 405 g/mol. The van der Waals surface area contributed by atoms with Gasteiger partial charge in [-0.2, -0.15) is 0 Å². The fourth-order valence-corrected chi connectivity index (χ4v) is 3.44. The van der Waals surface area contributed by atoms with Gasteiger partial charge in [-0.3, -0.25) is 4.57 Å². The minimum atomic E-state index is -4.81. The summed E-state index contributed by atoms with van der Waals surface area (Å²) in [6, 6.07) is 4.03. The van der Waals surface area contributed by atoms with Gasteiger partial charge in [-0.1, -0.05) is 0 Å². The Hall–Kier alpha value is -3.67. The molecule has 30 heavy (non-hydrogen) atoms. The van der Waals surface area contributed by atoms with Crippen LogP contribution in [-0.2, 0) is 17.9 Å². The number of oxazole rings is 1. The number of methoxy groups -OCH3 is 1. The number of hydrogen-bond acceptors (Lipinski definition) is 7. The second kappa shape index (κ2) is 6.69. The third-order valence-corrected chi connectivity index (χ3v) is 4.61.